The Labute approximate surface area is 123 Å². The van der Waals surface area contributed by atoms with Crippen LogP contribution in [0.2, 0.25) is 0 Å². The highest BCUT2D eigenvalue weighted by molar-refractivity contribution is 8.13. The summed E-state index contributed by atoms with van der Waals surface area (Å²) >= 11 is 0. The normalized spacial score (nSPS) is 11.3. The number of benzene rings is 2. The van der Waals surface area contributed by atoms with Gasteiger partial charge in [0.25, 0.3) is 9.05 Å². The van der Waals surface area contributed by atoms with Gasteiger partial charge >= 0.3 is 0 Å². The topological polar surface area (TPSA) is 43.4 Å². The van der Waals surface area contributed by atoms with Crippen LogP contribution in [0, 0.1) is 13.8 Å². The average molecular weight is 311 g/mol. The molecule has 20 heavy (non-hydrogen) atoms. The van der Waals surface area contributed by atoms with Crippen molar-refractivity contribution in [2.24, 2.45) is 0 Å². The Morgan fingerprint density at radius 1 is 1.10 bits per heavy atom. The molecule has 5 heteroatoms. The van der Waals surface area contributed by atoms with Crippen LogP contribution in [-0.2, 0) is 15.7 Å². The molecule has 0 bridgehead atoms. The van der Waals surface area contributed by atoms with Crippen molar-refractivity contribution in [1.29, 1.82) is 0 Å². The van der Waals surface area contributed by atoms with Crippen LogP contribution in [0.3, 0.4) is 0 Å². The Balaban J connectivity index is 2.36. The van der Waals surface area contributed by atoms with E-state index in [1.165, 1.54) is 6.07 Å². The van der Waals surface area contributed by atoms with Crippen LogP contribution in [0.1, 0.15) is 16.7 Å². The van der Waals surface area contributed by atoms with E-state index < -0.39 is 9.05 Å². The number of halogens is 1. The van der Waals surface area contributed by atoms with Crippen LogP contribution in [0.4, 0.5) is 0 Å². The molecule has 3 nitrogen and oxygen atoms in total. The van der Waals surface area contributed by atoms with Crippen molar-refractivity contribution in [2.75, 3.05) is 0 Å². The lowest BCUT2D eigenvalue weighted by Gasteiger charge is -2.13. The van der Waals surface area contributed by atoms with E-state index in [4.69, 9.17) is 15.4 Å². The van der Waals surface area contributed by atoms with Crippen molar-refractivity contribution >= 4 is 19.7 Å². The second-order valence-electron chi connectivity index (χ2n) is 4.62. The molecule has 106 valence electrons. The van der Waals surface area contributed by atoms with Gasteiger partial charge in [-0.15, -0.1) is 0 Å². The molecule has 2 aromatic carbocycles. The number of hydrogen-bond donors (Lipinski definition) is 0. The molecule has 0 fully saturated rings. The predicted octanol–water partition coefficient (Wildman–Crippen LogP) is 3.81. The highest BCUT2D eigenvalue weighted by atomic mass is 35.7. The third-order valence-corrected chi connectivity index (χ3v) is 4.20. The summed E-state index contributed by atoms with van der Waals surface area (Å²) in [6.07, 6.45) is 0. The maximum Gasteiger partial charge on any atom is 0.265 e. The zero-order valence-electron chi connectivity index (χ0n) is 11.3. The van der Waals surface area contributed by atoms with Crippen molar-refractivity contribution in [3.05, 3.63) is 59.2 Å². The largest absolute Gasteiger partial charge is 0.487 e. The lowest BCUT2D eigenvalue weighted by molar-refractivity contribution is 0.296. The second kappa shape index (κ2) is 5.85. The quantitative estimate of drug-likeness (QED) is 0.807. The van der Waals surface area contributed by atoms with Gasteiger partial charge < -0.3 is 4.74 Å². The summed E-state index contributed by atoms with van der Waals surface area (Å²) < 4.78 is 29.0. The Bertz CT molecular complexity index is 709. The summed E-state index contributed by atoms with van der Waals surface area (Å²) in [6.45, 7) is 3.92. The van der Waals surface area contributed by atoms with E-state index in [9.17, 15) is 8.42 Å². The summed E-state index contributed by atoms with van der Waals surface area (Å²) in [5.74, 6) is 0.314. The van der Waals surface area contributed by atoms with Gasteiger partial charge in [0.15, 0.2) is 0 Å². The van der Waals surface area contributed by atoms with Gasteiger partial charge in [-0.25, -0.2) is 8.42 Å². The molecule has 0 N–H and O–H groups in total. The van der Waals surface area contributed by atoms with Crippen molar-refractivity contribution < 1.29 is 13.2 Å². The highest BCUT2D eigenvalue weighted by Crippen LogP contribution is 2.32. The van der Waals surface area contributed by atoms with Crippen LogP contribution < -0.4 is 4.74 Å². The summed E-state index contributed by atoms with van der Waals surface area (Å²) in [7, 11) is 1.65. The Morgan fingerprint density at radius 2 is 1.75 bits per heavy atom. The first-order chi connectivity index (χ1) is 9.38. The Morgan fingerprint density at radius 3 is 2.35 bits per heavy atom. The molecule has 2 rings (SSSR count). The van der Waals surface area contributed by atoms with E-state index in [1.807, 2.05) is 43.3 Å². The van der Waals surface area contributed by atoms with E-state index in [2.05, 4.69) is 0 Å². The first-order valence-corrected chi connectivity index (χ1v) is 8.41. The van der Waals surface area contributed by atoms with Crippen molar-refractivity contribution in [3.63, 3.8) is 0 Å². The smallest absolute Gasteiger partial charge is 0.265 e. The predicted molar refractivity (Wildman–Crippen MR) is 79.7 cm³/mol. The van der Waals surface area contributed by atoms with Gasteiger partial charge in [-0.2, -0.15) is 0 Å². The van der Waals surface area contributed by atoms with E-state index in [0.29, 0.717) is 12.4 Å². The summed E-state index contributed by atoms with van der Waals surface area (Å²) in [5.41, 5.74) is 2.54. The van der Waals surface area contributed by atoms with Gasteiger partial charge in [0, 0.05) is 10.7 Å². The highest BCUT2D eigenvalue weighted by Gasteiger charge is 2.19. The standard InChI is InChI=1S/C15H15ClO3S/c1-11-8-12(2)15(14(9-11)20(16,17)18)19-10-13-6-4-3-5-7-13/h3-9H,10H2,1-2H3. The molecule has 0 aliphatic carbocycles. The van der Waals surface area contributed by atoms with Crippen LogP contribution in [-0.4, -0.2) is 8.42 Å². The number of rotatable bonds is 4. The maximum atomic E-state index is 11.7. The van der Waals surface area contributed by atoms with E-state index in [-0.39, 0.29) is 4.90 Å². The molecule has 0 amide bonds. The number of ether oxygens (including phenoxy) is 1. The zero-order chi connectivity index (χ0) is 14.8. The Kier molecular flexibility index (Phi) is 4.35. The van der Waals surface area contributed by atoms with Crippen molar-refractivity contribution in [1.82, 2.24) is 0 Å². The molecular weight excluding hydrogens is 296 g/mol. The summed E-state index contributed by atoms with van der Waals surface area (Å²) in [4.78, 5) is 0.0209. The molecule has 0 heterocycles. The van der Waals surface area contributed by atoms with Crippen LogP contribution in [0.25, 0.3) is 0 Å². The lowest BCUT2D eigenvalue weighted by Crippen LogP contribution is -2.03. The number of hydrogen-bond acceptors (Lipinski definition) is 3. The monoisotopic (exact) mass is 310 g/mol. The van der Waals surface area contributed by atoms with Crippen LogP contribution >= 0.6 is 10.7 Å². The second-order valence-corrected chi connectivity index (χ2v) is 7.16. The van der Waals surface area contributed by atoms with Gasteiger partial charge in [0.05, 0.1) is 0 Å². The molecule has 0 saturated heterocycles. The molecule has 0 radical (unpaired) electrons. The molecule has 2 aromatic rings. The summed E-state index contributed by atoms with van der Waals surface area (Å²) in [6, 6.07) is 12.9. The van der Waals surface area contributed by atoms with Gasteiger partial charge in [-0.3, -0.25) is 0 Å². The molecule has 0 atom stereocenters. The van der Waals surface area contributed by atoms with Crippen molar-refractivity contribution in [3.8, 4) is 5.75 Å². The molecule has 0 aliphatic rings. The van der Waals surface area contributed by atoms with Crippen LogP contribution in [0.15, 0.2) is 47.4 Å². The fourth-order valence-electron chi connectivity index (χ4n) is 2.01. The minimum Gasteiger partial charge on any atom is -0.487 e. The van der Waals surface area contributed by atoms with Gasteiger partial charge in [0.1, 0.15) is 17.3 Å². The molecule has 0 saturated carbocycles. The van der Waals surface area contributed by atoms with Gasteiger partial charge in [-0.1, -0.05) is 36.4 Å². The molecule has 0 aromatic heterocycles. The van der Waals surface area contributed by atoms with Crippen LogP contribution in [0.5, 0.6) is 5.75 Å². The van der Waals surface area contributed by atoms with E-state index in [1.54, 1.807) is 6.92 Å². The third-order valence-electron chi connectivity index (χ3n) is 2.87. The minimum atomic E-state index is -3.84. The van der Waals surface area contributed by atoms with Gasteiger partial charge in [-0.05, 0) is 36.6 Å². The first kappa shape index (κ1) is 14.9. The SMILES string of the molecule is Cc1cc(C)c(OCc2ccccc2)c(S(=O)(=O)Cl)c1. The lowest BCUT2D eigenvalue weighted by atomic mass is 10.1. The minimum absolute atomic E-state index is 0.0209. The van der Waals surface area contributed by atoms with Crippen molar-refractivity contribution in [2.45, 2.75) is 25.3 Å². The average Bonchev–Trinajstić information content (AvgIpc) is 2.37. The molecule has 0 aliphatic heterocycles. The number of aryl methyl sites for hydroxylation is 2. The Hall–Kier alpha value is -1.52. The molecular formula is C15H15ClO3S. The first-order valence-electron chi connectivity index (χ1n) is 6.10. The molecule has 0 unspecified atom stereocenters. The third kappa shape index (κ3) is 3.52. The fraction of sp³-hybridized carbons (Fsp3) is 0.200. The van der Waals surface area contributed by atoms with E-state index >= 15 is 0 Å². The zero-order valence-corrected chi connectivity index (χ0v) is 12.8. The fourth-order valence-corrected chi connectivity index (χ4v) is 3.12. The van der Waals surface area contributed by atoms with E-state index in [0.717, 1.165) is 16.7 Å². The maximum absolute atomic E-state index is 11.7. The molecule has 0 spiro atoms. The summed E-state index contributed by atoms with van der Waals surface area (Å²) in [5, 5.41) is 0. The van der Waals surface area contributed by atoms with Gasteiger partial charge in [0.2, 0.25) is 0 Å².